The second kappa shape index (κ2) is 3.99. The molecule has 2 rings (SSSR count). The van der Waals surface area contributed by atoms with Gasteiger partial charge in [-0.2, -0.15) is 5.26 Å². The van der Waals surface area contributed by atoms with E-state index in [1.54, 1.807) is 24.3 Å². The first-order chi connectivity index (χ1) is 7.70. The number of nitrogens with zero attached hydrogens (tertiary/aromatic N) is 2. The van der Waals surface area contributed by atoms with Gasteiger partial charge in [0.1, 0.15) is 0 Å². The standard InChI is InChI=1S/C12H8N2O2/c13-7-9-1-3-10(4-2-9)8-14-11(15)5-6-12(14)16/h1-6H,8H2. The molecule has 0 unspecified atom stereocenters. The summed E-state index contributed by atoms with van der Waals surface area (Å²) in [5, 5.41) is 8.62. The Morgan fingerprint density at radius 3 is 2.12 bits per heavy atom. The number of carbonyl (C=O) groups excluding carboxylic acids is 2. The molecule has 0 aliphatic carbocycles. The summed E-state index contributed by atoms with van der Waals surface area (Å²) < 4.78 is 0. The van der Waals surface area contributed by atoms with Crippen LogP contribution in [0.2, 0.25) is 0 Å². The Labute approximate surface area is 92.4 Å². The zero-order valence-electron chi connectivity index (χ0n) is 8.38. The van der Waals surface area contributed by atoms with Crippen molar-refractivity contribution in [3.05, 3.63) is 47.5 Å². The third-order valence-electron chi connectivity index (χ3n) is 2.32. The highest BCUT2D eigenvalue weighted by Gasteiger charge is 2.22. The van der Waals surface area contributed by atoms with Gasteiger partial charge in [-0.15, -0.1) is 0 Å². The predicted octanol–water partition coefficient (Wildman–Crippen LogP) is 0.983. The third kappa shape index (κ3) is 1.84. The first-order valence-electron chi connectivity index (χ1n) is 4.73. The van der Waals surface area contributed by atoms with Crippen molar-refractivity contribution in [3.63, 3.8) is 0 Å². The Bertz CT molecular complexity index is 491. The molecule has 1 aromatic rings. The lowest BCUT2D eigenvalue weighted by molar-refractivity contribution is -0.137. The lowest BCUT2D eigenvalue weighted by atomic mass is 10.1. The van der Waals surface area contributed by atoms with Crippen molar-refractivity contribution in [2.75, 3.05) is 0 Å². The average molecular weight is 212 g/mol. The maximum absolute atomic E-state index is 11.3. The van der Waals surface area contributed by atoms with Gasteiger partial charge in [-0.05, 0) is 17.7 Å². The van der Waals surface area contributed by atoms with Crippen molar-refractivity contribution < 1.29 is 9.59 Å². The average Bonchev–Trinajstić information content (AvgIpc) is 2.62. The van der Waals surface area contributed by atoms with Gasteiger partial charge in [0.15, 0.2) is 0 Å². The van der Waals surface area contributed by atoms with E-state index in [0.717, 1.165) is 10.5 Å². The molecule has 1 aromatic carbocycles. The van der Waals surface area contributed by atoms with E-state index in [0.29, 0.717) is 5.56 Å². The van der Waals surface area contributed by atoms with Gasteiger partial charge in [0.2, 0.25) is 0 Å². The minimum absolute atomic E-state index is 0.246. The molecule has 0 saturated heterocycles. The van der Waals surface area contributed by atoms with Crippen molar-refractivity contribution in [1.29, 1.82) is 5.26 Å². The fourth-order valence-corrected chi connectivity index (χ4v) is 1.45. The van der Waals surface area contributed by atoms with E-state index in [1.807, 2.05) is 6.07 Å². The quantitative estimate of drug-likeness (QED) is 0.686. The Balaban J connectivity index is 2.13. The van der Waals surface area contributed by atoms with Crippen LogP contribution in [0.3, 0.4) is 0 Å². The second-order valence-corrected chi connectivity index (χ2v) is 3.40. The number of carbonyl (C=O) groups is 2. The molecule has 78 valence electrons. The van der Waals surface area contributed by atoms with E-state index < -0.39 is 0 Å². The van der Waals surface area contributed by atoms with E-state index >= 15 is 0 Å². The molecule has 4 heteroatoms. The molecule has 0 saturated carbocycles. The first kappa shape index (κ1) is 10.1. The third-order valence-corrected chi connectivity index (χ3v) is 2.32. The van der Waals surface area contributed by atoms with Crippen molar-refractivity contribution in [1.82, 2.24) is 4.90 Å². The Morgan fingerprint density at radius 2 is 1.62 bits per heavy atom. The van der Waals surface area contributed by atoms with Crippen molar-refractivity contribution >= 4 is 11.8 Å². The normalized spacial score (nSPS) is 14.3. The number of amides is 2. The largest absolute Gasteiger partial charge is 0.271 e. The van der Waals surface area contributed by atoms with Gasteiger partial charge in [-0.3, -0.25) is 14.5 Å². The molecule has 2 amide bonds. The van der Waals surface area contributed by atoms with Crippen LogP contribution in [0.1, 0.15) is 11.1 Å². The molecule has 1 aliphatic rings. The van der Waals surface area contributed by atoms with Gasteiger partial charge in [-0.1, -0.05) is 12.1 Å². The Hall–Kier alpha value is -2.41. The van der Waals surface area contributed by atoms with E-state index in [-0.39, 0.29) is 18.4 Å². The minimum Gasteiger partial charge on any atom is -0.271 e. The second-order valence-electron chi connectivity index (χ2n) is 3.40. The molecule has 0 N–H and O–H groups in total. The lowest BCUT2D eigenvalue weighted by Crippen LogP contribution is -2.29. The summed E-state index contributed by atoms with van der Waals surface area (Å²) in [5.41, 5.74) is 1.38. The van der Waals surface area contributed by atoms with Crippen LogP contribution in [-0.2, 0) is 16.1 Å². The molecule has 0 bridgehead atoms. The summed E-state index contributed by atoms with van der Waals surface area (Å²) in [6, 6.07) is 8.79. The number of nitriles is 1. The number of hydrogen-bond donors (Lipinski definition) is 0. The highest BCUT2D eigenvalue weighted by molar-refractivity contribution is 6.12. The Morgan fingerprint density at radius 1 is 1.06 bits per heavy atom. The summed E-state index contributed by atoms with van der Waals surface area (Å²) in [6.45, 7) is 0.246. The fourth-order valence-electron chi connectivity index (χ4n) is 1.45. The number of hydrogen-bond acceptors (Lipinski definition) is 3. The molecule has 0 spiro atoms. The van der Waals surface area contributed by atoms with Gasteiger partial charge >= 0.3 is 0 Å². The maximum atomic E-state index is 11.3. The first-order valence-corrected chi connectivity index (χ1v) is 4.73. The van der Waals surface area contributed by atoms with Gasteiger partial charge in [0.05, 0.1) is 18.2 Å². The SMILES string of the molecule is N#Cc1ccc(CN2C(=O)C=CC2=O)cc1. The monoisotopic (exact) mass is 212 g/mol. The van der Waals surface area contributed by atoms with E-state index in [9.17, 15) is 9.59 Å². The van der Waals surface area contributed by atoms with Crippen molar-refractivity contribution in [3.8, 4) is 6.07 Å². The zero-order valence-corrected chi connectivity index (χ0v) is 8.38. The topological polar surface area (TPSA) is 61.2 Å². The van der Waals surface area contributed by atoms with Gasteiger partial charge in [0, 0.05) is 12.2 Å². The van der Waals surface area contributed by atoms with Crippen molar-refractivity contribution in [2.24, 2.45) is 0 Å². The minimum atomic E-state index is -0.297. The number of imide groups is 1. The summed E-state index contributed by atoms with van der Waals surface area (Å²) in [6.07, 6.45) is 2.51. The zero-order chi connectivity index (χ0) is 11.5. The van der Waals surface area contributed by atoms with Gasteiger partial charge in [0.25, 0.3) is 11.8 Å². The van der Waals surface area contributed by atoms with Crippen molar-refractivity contribution in [2.45, 2.75) is 6.54 Å². The fraction of sp³-hybridized carbons (Fsp3) is 0.0833. The van der Waals surface area contributed by atoms with Crippen LogP contribution in [0.15, 0.2) is 36.4 Å². The van der Waals surface area contributed by atoms with E-state index in [4.69, 9.17) is 5.26 Å². The van der Waals surface area contributed by atoms with Crippen LogP contribution < -0.4 is 0 Å². The van der Waals surface area contributed by atoms with Crippen LogP contribution in [0, 0.1) is 11.3 Å². The summed E-state index contributed by atoms with van der Waals surface area (Å²) in [5.74, 6) is -0.594. The molecule has 0 fully saturated rings. The summed E-state index contributed by atoms with van der Waals surface area (Å²) >= 11 is 0. The van der Waals surface area contributed by atoms with Crippen LogP contribution >= 0.6 is 0 Å². The smallest absolute Gasteiger partial charge is 0.253 e. The summed E-state index contributed by atoms with van der Waals surface area (Å²) in [7, 11) is 0. The molecular weight excluding hydrogens is 204 g/mol. The van der Waals surface area contributed by atoms with E-state index in [2.05, 4.69) is 0 Å². The van der Waals surface area contributed by atoms with Gasteiger partial charge in [-0.25, -0.2) is 0 Å². The molecule has 1 heterocycles. The summed E-state index contributed by atoms with van der Waals surface area (Å²) in [4.78, 5) is 23.7. The predicted molar refractivity (Wildman–Crippen MR) is 55.9 cm³/mol. The molecule has 4 nitrogen and oxygen atoms in total. The Kier molecular flexibility index (Phi) is 2.52. The molecule has 1 aliphatic heterocycles. The van der Waals surface area contributed by atoms with Gasteiger partial charge < -0.3 is 0 Å². The highest BCUT2D eigenvalue weighted by atomic mass is 16.2. The van der Waals surface area contributed by atoms with Crippen LogP contribution in [0.5, 0.6) is 0 Å². The maximum Gasteiger partial charge on any atom is 0.253 e. The highest BCUT2D eigenvalue weighted by Crippen LogP contribution is 2.11. The molecular formula is C12H8N2O2. The molecule has 0 aromatic heterocycles. The molecule has 0 radical (unpaired) electrons. The van der Waals surface area contributed by atoms with Crippen LogP contribution in [0.25, 0.3) is 0 Å². The lowest BCUT2D eigenvalue weighted by Gasteiger charge is -2.13. The molecule has 16 heavy (non-hydrogen) atoms. The number of rotatable bonds is 2. The van der Waals surface area contributed by atoms with Crippen LogP contribution in [0.4, 0.5) is 0 Å². The molecule has 0 atom stereocenters. The van der Waals surface area contributed by atoms with E-state index in [1.165, 1.54) is 12.2 Å². The van der Waals surface area contributed by atoms with Crippen LogP contribution in [-0.4, -0.2) is 16.7 Å². The number of benzene rings is 1.